The van der Waals surface area contributed by atoms with E-state index in [9.17, 15) is 9.18 Å². The van der Waals surface area contributed by atoms with E-state index >= 15 is 0 Å². The summed E-state index contributed by atoms with van der Waals surface area (Å²) in [6.45, 7) is 1.25. The summed E-state index contributed by atoms with van der Waals surface area (Å²) in [5.74, 6) is 0.254. The normalized spacial score (nSPS) is 11.0. The van der Waals surface area contributed by atoms with Crippen molar-refractivity contribution in [1.82, 2.24) is 20.4 Å². The van der Waals surface area contributed by atoms with Gasteiger partial charge in [0.05, 0.1) is 17.3 Å². The molecule has 3 aromatic rings. The molecule has 0 aliphatic rings. The number of ether oxygens (including phenoxy) is 1. The number of nitrogens with one attached hydrogen (secondary N) is 2. The molecule has 0 fully saturated rings. The number of carbonyl (C=O) groups excluding carboxylic acids is 1. The average Bonchev–Trinajstić information content (AvgIpc) is 3.03. The van der Waals surface area contributed by atoms with Crippen molar-refractivity contribution < 1.29 is 13.9 Å². The van der Waals surface area contributed by atoms with Crippen molar-refractivity contribution in [3.63, 3.8) is 0 Å². The van der Waals surface area contributed by atoms with Gasteiger partial charge in [-0.05, 0) is 50.5 Å². The summed E-state index contributed by atoms with van der Waals surface area (Å²) >= 11 is 0. The second-order valence-corrected chi connectivity index (χ2v) is 5.92. The zero-order valence-corrected chi connectivity index (χ0v) is 14.0. The fourth-order valence-electron chi connectivity index (χ4n) is 2.35. The van der Waals surface area contributed by atoms with Gasteiger partial charge in [-0.2, -0.15) is 5.10 Å². The van der Waals surface area contributed by atoms with E-state index in [-0.39, 0.29) is 11.7 Å². The second-order valence-electron chi connectivity index (χ2n) is 5.92. The molecule has 1 heterocycles. The van der Waals surface area contributed by atoms with Crippen LogP contribution in [0.1, 0.15) is 10.4 Å². The minimum absolute atomic E-state index is 0.240. The Hall–Kier alpha value is -2.93. The van der Waals surface area contributed by atoms with Gasteiger partial charge in [0, 0.05) is 18.5 Å². The molecule has 1 amide bonds. The highest BCUT2D eigenvalue weighted by Gasteiger charge is 2.16. The molecular weight excluding hydrogens is 323 g/mol. The lowest BCUT2D eigenvalue weighted by molar-refractivity contribution is 0.0949. The maximum absolute atomic E-state index is 13.1. The Labute approximate surface area is 144 Å². The SMILES string of the molecule is CN(C)CCNC(=O)c1cc2[nH]ncc2cc1Oc1ccc(F)cc1. The summed E-state index contributed by atoms with van der Waals surface area (Å²) in [5, 5.41) is 10.5. The largest absolute Gasteiger partial charge is 0.457 e. The lowest BCUT2D eigenvalue weighted by Crippen LogP contribution is -2.31. The molecule has 1 aromatic heterocycles. The fraction of sp³-hybridized carbons (Fsp3) is 0.222. The van der Waals surface area contributed by atoms with Crippen molar-refractivity contribution in [2.24, 2.45) is 0 Å². The lowest BCUT2D eigenvalue weighted by atomic mass is 10.1. The van der Waals surface area contributed by atoms with Crippen LogP contribution in [0.2, 0.25) is 0 Å². The first-order valence-electron chi connectivity index (χ1n) is 7.86. The monoisotopic (exact) mass is 342 g/mol. The number of hydrogen-bond donors (Lipinski definition) is 2. The number of fused-ring (bicyclic) bond motifs is 1. The molecule has 0 atom stereocenters. The minimum atomic E-state index is -0.348. The van der Waals surface area contributed by atoms with Crippen LogP contribution in [-0.4, -0.2) is 48.2 Å². The average molecular weight is 342 g/mol. The van der Waals surface area contributed by atoms with E-state index in [0.29, 0.717) is 23.6 Å². The van der Waals surface area contributed by atoms with Gasteiger partial charge in [-0.3, -0.25) is 9.89 Å². The molecule has 0 aliphatic heterocycles. The molecule has 0 saturated heterocycles. The third kappa shape index (κ3) is 4.13. The smallest absolute Gasteiger partial charge is 0.255 e. The van der Waals surface area contributed by atoms with Crippen LogP contribution in [0.4, 0.5) is 4.39 Å². The van der Waals surface area contributed by atoms with E-state index in [1.165, 1.54) is 24.3 Å². The van der Waals surface area contributed by atoms with Crippen molar-refractivity contribution in [2.45, 2.75) is 0 Å². The number of rotatable bonds is 6. The van der Waals surface area contributed by atoms with Gasteiger partial charge in [0.25, 0.3) is 5.91 Å². The number of benzene rings is 2. The van der Waals surface area contributed by atoms with Gasteiger partial charge in [-0.25, -0.2) is 4.39 Å². The number of aromatic amines is 1. The summed E-state index contributed by atoms with van der Waals surface area (Å²) in [4.78, 5) is 14.5. The molecule has 0 saturated carbocycles. The van der Waals surface area contributed by atoms with Gasteiger partial charge in [0.1, 0.15) is 17.3 Å². The van der Waals surface area contributed by atoms with Crippen molar-refractivity contribution in [3.05, 3.63) is 54.0 Å². The number of amides is 1. The molecule has 0 radical (unpaired) electrons. The molecular formula is C18H19FN4O2. The number of hydrogen-bond acceptors (Lipinski definition) is 4. The zero-order valence-electron chi connectivity index (χ0n) is 14.0. The van der Waals surface area contributed by atoms with Crippen LogP contribution < -0.4 is 10.1 Å². The van der Waals surface area contributed by atoms with Crippen LogP contribution in [-0.2, 0) is 0 Å². The number of likely N-dealkylation sites (N-methyl/N-ethyl adjacent to an activating group) is 1. The van der Waals surface area contributed by atoms with Gasteiger partial charge in [-0.15, -0.1) is 0 Å². The Bertz CT molecular complexity index is 874. The van der Waals surface area contributed by atoms with Crippen LogP contribution in [0, 0.1) is 5.82 Å². The van der Waals surface area contributed by atoms with Crippen LogP contribution in [0.25, 0.3) is 10.9 Å². The van der Waals surface area contributed by atoms with Gasteiger partial charge >= 0.3 is 0 Å². The lowest BCUT2D eigenvalue weighted by Gasteiger charge is -2.13. The van der Waals surface area contributed by atoms with Gasteiger partial charge < -0.3 is 15.0 Å². The van der Waals surface area contributed by atoms with E-state index in [2.05, 4.69) is 15.5 Å². The first-order valence-corrected chi connectivity index (χ1v) is 7.86. The molecule has 7 heteroatoms. The molecule has 0 unspecified atom stereocenters. The number of carbonyl (C=O) groups is 1. The quantitative estimate of drug-likeness (QED) is 0.723. The molecule has 0 bridgehead atoms. The van der Waals surface area contributed by atoms with Gasteiger partial charge in [-0.1, -0.05) is 0 Å². The number of halogens is 1. The van der Waals surface area contributed by atoms with E-state index in [0.717, 1.165) is 17.4 Å². The number of aromatic nitrogens is 2. The Kier molecular flexibility index (Phi) is 4.95. The summed E-state index contributed by atoms with van der Waals surface area (Å²) in [7, 11) is 3.87. The van der Waals surface area contributed by atoms with E-state index in [4.69, 9.17) is 4.74 Å². The minimum Gasteiger partial charge on any atom is -0.457 e. The first kappa shape index (κ1) is 16.9. The molecule has 25 heavy (non-hydrogen) atoms. The van der Waals surface area contributed by atoms with E-state index in [1.807, 2.05) is 19.0 Å². The Morgan fingerprint density at radius 1 is 1.28 bits per heavy atom. The third-order valence-corrected chi connectivity index (χ3v) is 3.67. The molecule has 6 nitrogen and oxygen atoms in total. The molecule has 2 aromatic carbocycles. The van der Waals surface area contributed by atoms with Crippen molar-refractivity contribution >= 4 is 16.8 Å². The van der Waals surface area contributed by atoms with Crippen molar-refractivity contribution in [2.75, 3.05) is 27.2 Å². The summed E-state index contributed by atoms with van der Waals surface area (Å²) in [5.41, 5.74) is 1.13. The fourth-order valence-corrected chi connectivity index (χ4v) is 2.35. The van der Waals surface area contributed by atoms with Crippen LogP contribution in [0.5, 0.6) is 11.5 Å². The zero-order chi connectivity index (χ0) is 17.8. The van der Waals surface area contributed by atoms with Crippen molar-refractivity contribution in [1.29, 1.82) is 0 Å². The highest BCUT2D eigenvalue weighted by molar-refractivity contribution is 6.00. The summed E-state index contributed by atoms with van der Waals surface area (Å²) in [6.07, 6.45) is 1.65. The molecule has 2 N–H and O–H groups in total. The van der Waals surface area contributed by atoms with Gasteiger partial charge in [0.2, 0.25) is 0 Å². The maximum Gasteiger partial charge on any atom is 0.255 e. The predicted molar refractivity (Wildman–Crippen MR) is 93.5 cm³/mol. The molecule has 0 aliphatic carbocycles. The molecule has 0 spiro atoms. The highest BCUT2D eigenvalue weighted by Crippen LogP contribution is 2.29. The van der Waals surface area contributed by atoms with Crippen LogP contribution in [0.3, 0.4) is 0 Å². The Morgan fingerprint density at radius 3 is 2.76 bits per heavy atom. The number of nitrogens with zero attached hydrogens (tertiary/aromatic N) is 2. The maximum atomic E-state index is 13.1. The van der Waals surface area contributed by atoms with E-state index in [1.54, 1.807) is 18.3 Å². The second kappa shape index (κ2) is 7.31. The summed E-state index contributed by atoms with van der Waals surface area (Å²) < 4.78 is 18.9. The summed E-state index contributed by atoms with van der Waals surface area (Å²) in [6, 6.07) is 9.09. The van der Waals surface area contributed by atoms with E-state index < -0.39 is 0 Å². The molecule has 3 rings (SSSR count). The topological polar surface area (TPSA) is 70.2 Å². The standard InChI is InChI=1S/C18H19FN4O2/c1-23(2)8-7-20-18(24)15-10-16-12(11-21-22-16)9-17(15)25-14-5-3-13(19)4-6-14/h3-6,9-11H,7-8H2,1-2H3,(H,20,24)(H,21,22). The Balaban J connectivity index is 1.89. The number of H-pyrrole nitrogens is 1. The predicted octanol–water partition coefficient (Wildman–Crippen LogP) is 2.79. The third-order valence-electron chi connectivity index (χ3n) is 3.67. The molecule has 130 valence electrons. The van der Waals surface area contributed by atoms with Crippen molar-refractivity contribution in [3.8, 4) is 11.5 Å². The van der Waals surface area contributed by atoms with Gasteiger partial charge in [0.15, 0.2) is 0 Å². The van der Waals surface area contributed by atoms with Crippen LogP contribution >= 0.6 is 0 Å². The Morgan fingerprint density at radius 2 is 2.04 bits per heavy atom. The van der Waals surface area contributed by atoms with Crippen LogP contribution in [0.15, 0.2) is 42.6 Å². The first-order chi connectivity index (χ1) is 12.0. The highest BCUT2D eigenvalue weighted by atomic mass is 19.1.